The number of carboxylic acids is 1. The van der Waals surface area contributed by atoms with Gasteiger partial charge in [-0.3, -0.25) is 0 Å². The van der Waals surface area contributed by atoms with E-state index in [1.54, 1.807) is 0 Å². The Hall–Kier alpha value is -1.75. The van der Waals surface area contributed by atoms with Gasteiger partial charge in [-0.2, -0.15) is 0 Å². The molecule has 1 aromatic rings. The van der Waals surface area contributed by atoms with Crippen molar-refractivity contribution in [1.82, 2.24) is 9.97 Å². The molecule has 0 spiro atoms. The van der Waals surface area contributed by atoms with Gasteiger partial charge < -0.3 is 9.84 Å². The van der Waals surface area contributed by atoms with Gasteiger partial charge in [-0.1, -0.05) is 6.08 Å². The largest absolute Gasteiger partial charge is 0.478 e. The van der Waals surface area contributed by atoms with Crippen LogP contribution in [0.1, 0.15) is 28.9 Å². The Morgan fingerprint density at radius 2 is 2.44 bits per heavy atom. The third kappa shape index (κ3) is 3.78. The van der Waals surface area contributed by atoms with Crippen molar-refractivity contribution in [2.75, 3.05) is 6.61 Å². The monoisotopic (exact) mass is 222 g/mol. The van der Waals surface area contributed by atoms with Crippen LogP contribution in [0.5, 0.6) is 0 Å². The molecule has 0 fully saturated rings. The summed E-state index contributed by atoms with van der Waals surface area (Å²) in [6.45, 7) is 4.36. The van der Waals surface area contributed by atoms with Crippen LogP contribution >= 0.6 is 0 Å². The van der Waals surface area contributed by atoms with Crippen LogP contribution in [0.15, 0.2) is 25.2 Å². The predicted octanol–water partition coefficient (Wildman–Crippen LogP) is 1.66. The molecule has 5 heteroatoms. The first-order chi connectivity index (χ1) is 7.75. The molecule has 1 aromatic heterocycles. The Kier molecular flexibility index (Phi) is 5.15. The van der Waals surface area contributed by atoms with Crippen molar-refractivity contribution in [2.45, 2.75) is 19.4 Å². The maximum absolute atomic E-state index is 10.8. The van der Waals surface area contributed by atoms with E-state index in [1.807, 2.05) is 6.08 Å². The second-order valence-corrected chi connectivity index (χ2v) is 3.17. The van der Waals surface area contributed by atoms with E-state index < -0.39 is 5.97 Å². The average molecular weight is 222 g/mol. The van der Waals surface area contributed by atoms with Crippen molar-refractivity contribution in [1.29, 1.82) is 0 Å². The summed E-state index contributed by atoms with van der Waals surface area (Å²) in [6, 6.07) is 0. The number of rotatable bonds is 7. The maximum Gasteiger partial charge on any atom is 0.339 e. The Labute approximate surface area is 93.8 Å². The van der Waals surface area contributed by atoms with Gasteiger partial charge in [0, 0.05) is 12.8 Å². The molecule has 0 aliphatic carbocycles. The van der Waals surface area contributed by atoms with Crippen molar-refractivity contribution in [2.24, 2.45) is 0 Å². The van der Waals surface area contributed by atoms with E-state index in [9.17, 15) is 4.79 Å². The molecule has 0 atom stereocenters. The minimum absolute atomic E-state index is 0.0891. The van der Waals surface area contributed by atoms with Gasteiger partial charge in [-0.15, -0.1) is 6.58 Å². The van der Waals surface area contributed by atoms with Gasteiger partial charge in [0.25, 0.3) is 0 Å². The highest BCUT2D eigenvalue weighted by Crippen LogP contribution is 2.05. The first-order valence-electron chi connectivity index (χ1n) is 4.96. The van der Waals surface area contributed by atoms with E-state index in [0.29, 0.717) is 12.3 Å². The number of unbranched alkanes of at least 4 members (excludes halogenated alkanes) is 1. The second-order valence-electron chi connectivity index (χ2n) is 3.17. The van der Waals surface area contributed by atoms with Gasteiger partial charge in [0.2, 0.25) is 0 Å². The number of carboxylic acid groups (broad SMARTS) is 1. The Balaban J connectivity index is 2.47. The average Bonchev–Trinajstić information content (AvgIpc) is 2.29. The molecular formula is C11H14N2O3. The second kappa shape index (κ2) is 6.68. The molecule has 0 radical (unpaired) electrons. The van der Waals surface area contributed by atoms with Crippen molar-refractivity contribution in [3.05, 3.63) is 36.4 Å². The Bertz CT molecular complexity index is 366. The van der Waals surface area contributed by atoms with E-state index >= 15 is 0 Å². The summed E-state index contributed by atoms with van der Waals surface area (Å²) in [7, 11) is 0. The summed E-state index contributed by atoms with van der Waals surface area (Å²) >= 11 is 0. The standard InChI is InChI=1S/C11H14N2O3/c1-2-3-4-5-16-7-10-9(11(14)15)6-12-8-13-10/h2,6,8H,1,3-5,7H2,(H,14,15). The van der Waals surface area contributed by atoms with Crippen molar-refractivity contribution in [3.8, 4) is 0 Å². The third-order valence-corrected chi connectivity index (χ3v) is 1.96. The van der Waals surface area contributed by atoms with E-state index in [4.69, 9.17) is 9.84 Å². The molecule has 86 valence electrons. The van der Waals surface area contributed by atoms with Gasteiger partial charge >= 0.3 is 5.97 Å². The molecule has 0 bridgehead atoms. The SMILES string of the molecule is C=CCCCOCc1ncncc1C(=O)O. The normalized spacial score (nSPS) is 10.0. The summed E-state index contributed by atoms with van der Waals surface area (Å²) in [4.78, 5) is 18.4. The van der Waals surface area contributed by atoms with E-state index in [1.165, 1.54) is 12.5 Å². The molecule has 0 aliphatic rings. The fraction of sp³-hybridized carbons (Fsp3) is 0.364. The zero-order valence-electron chi connectivity index (χ0n) is 8.93. The highest BCUT2D eigenvalue weighted by Gasteiger charge is 2.10. The van der Waals surface area contributed by atoms with Gasteiger partial charge in [0.15, 0.2) is 0 Å². The quantitative estimate of drug-likeness (QED) is 0.561. The Morgan fingerprint density at radius 3 is 3.12 bits per heavy atom. The molecule has 16 heavy (non-hydrogen) atoms. The van der Waals surface area contributed by atoms with Gasteiger partial charge in [0.1, 0.15) is 11.9 Å². The first-order valence-corrected chi connectivity index (χ1v) is 4.96. The number of aromatic carboxylic acids is 1. The summed E-state index contributed by atoms with van der Waals surface area (Å²) in [5.41, 5.74) is 0.493. The van der Waals surface area contributed by atoms with E-state index in [-0.39, 0.29) is 12.2 Å². The zero-order valence-corrected chi connectivity index (χ0v) is 8.93. The maximum atomic E-state index is 10.8. The molecule has 0 aliphatic heterocycles. The molecule has 0 saturated carbocycles. The zero-order chi connectivity index (χ0) is 11.8. The first kappa shape index (κ1) is 12.3. The molecule has 5 nitrogen and oxygen atoms in total. The third-order valence-electron chi connectivity index (χ3n) is 1.96. The topological polar surface area (TPSA) is 72.3 Å². The molecule has 0 aromatic carbocycles. The molecule has 1 heterocycles. The number of ether oxygens (including phenoxy) is 1. The fourth-order valence-corrected chi connectivity index (χ4v) is 1.15. The lowest BCUT2D eigenvalue weighted by atomic mass is 10.2. The number of hydrogen-bond acceptors (Lipinski definition) is 4. The van der Waals surface area contributed by atoms with Crippen molar-refractivity contribution < 1.29 is 14.6 Å². The van der Waals surface area contributed by atoms with E-state index in [2.05, 4.69) is 16.5 Å². The van der Waals surface area contributed by atoms with Crippen molar-refractivity contribution in [3.63, 3.8) is 0 Å². The lowest BCUT2D eigenvalue weighted by Crippen LogP contribution is -2.07. The summed E-state index contributed by atoms with van der Waals surface area (Å²) in [5.74, 6) is -1.04. The summed E-state index contributed by atoms with van der Waals surface area (Å²) in [5, 5.41) is 8.86. The predicted molar refractivity (Wildman–Crippen MR) is 58.1 cm³/mol. The summed E-state index contributed by atoms with van der Waals surface area (Å²) < 4.78 is 5.31. The van der Waals surface area contributed by atoms with Crippen LogP contribution in [0.3, 0.4) is 0 Å². The Morgan fingerprint density at radius 1 is 1.62 bits per heavy atom. The molecule has 0 unspecified atom stereocenters. The molecule has 1 N–H and O–H groups in total. The highest BCUT2D eigenvalue weighted by molar-refractivity contribution is 5.88. The molecule has 1 rings (SSSR count). The van der Waals surface area contributed by atoms with Crippen LogP contribution in [-0.4, -0.2) is 27.7 Å². The van der Waals surface area contributed by atoms with Crippen LogP contribution in [-0.2, 0) is 11.3 Å². The molecule has 0 amide bonds. The fourth-order valence-electron chi connectivity index (χ4n) is 1.15. The van der Waals surface area contributed by atoms with Crippen LogP contribution in [0.2, 0.25) is 0 Å². The number of nitrogens with zero attached hydrogens (tertiary/aromatic N) is 2. The van der Waals surface area contributed by atoms with Gasteiger partial charge in [-0.25, -0.2) is 14.8 Å². The molecule has 0 saturated heterocycles. The van der Waals surface area contributed by atoms with Gasteiger partial charge in [0.05, 0.1) is 12.3 Å². The number of carbonyl (C=O) groups is 1. The van der Waals surface area contributed by atoms with Crippen LogP contribution in [0, 0.1) is 0 Å². The highest BCUT2D eigenvalue weighted by atomic mass is 16.5. The minimum Gasteiger partial charge on any atom is -0.478 e. The lowest BCUT2D eigenvalue weighted by Gasteiger charge is -2.04. The number of allylic oxidation sites excluding steroid dienone is 1. The molecular weight excluding hydrogens is 208 g/mol. The van der Waals surface area contributed by atoms with Crippen LogP contribution in [0.4, 0.5) is 0 Å². The number of hydrogen-bond donors (Lipinski definition) is 1. The van der Waals surface area contributed by atoms with Gasteiger partial charge in [-0.05, 0) is 12.8 Å². The van der Waals surface area contributed by atoms with Crippen molar-refractivity contribution >= 4 is 5.97 Å². The summed E-state index contributed by atoms with van der Waals surface area (Å²) in [6.07, 6.45) is 6.16. The van der Waals surface area contributed by atoms with E-state index in [0.717, 1.165) is 12.8 Å². The smallest absolute Gasteiger partial charge is 0.339 e. The minimum atomic E-state index is -1.04. The van der Waals surface area contributed by atoms with Crippen LogP contribution < -0.4 is 0 Å². The number of aromatic nitrogens is 2. The van der Waals surface area contributed by atoms with Crippen LogP contribution in [0.25, 0.3) is 0 Å². The lowest BCUT2D eigenvalue weighted by molar-refractivity contribution is 0.0684.